The first-order chi connectivity index (χ1) is 7.57. The molecule has 0 aliphatic heterocycles. The predicted octanol–water partition coefficient (Wildman–Crippen LogP) is -1.78. The summed E-state index contributed by atoms with van der Waals surface area (Å²) in [5.74, 6) is 1.62. The van der Waals surface area contributed by atoms with Gasteiger partial charge in [0, 0.05) is 6.54 Å². The topological polar surface area (TPSA) is 93.4 Å². The minimum atomic E-state index is -0.514. The maximum Gasteiger partial charge on any atom is 0.243 e. The molecule has 0 aromatic carbocycles. The van der Waals surface area contributed by atoms with Crippen LogP contribution in [0.2, 0.25) is 0 Å². The van der Waals surface area contributed by atoms with E-state index >= 15 is 0 Å². The molecule has 1 unspecified atom stereocenters. The van der Waals surface area contributed by atoms with Crippen LogP contribution in [0.1, 0.15) is 6.92 Å². The summed E-state index contributed by atoms with van der Waals surface area (Å²) < 4.78 is 4.91. The molecule has 0 aromatic heterocycles. The first kappa shape index (κ1) is 14.4. The smallest absolute Gasteiger partial charge is 0.243 e. The summed E-state index contributed by atoms with van der Waals surface area (Å²) in [5, 5.41) is 5.45. The molecule has 0 saturated heterocycles. The van der Waals surface area contributed by atoms with Gasteiger partial charge in [-0.15, -0.1) is 6.42 Å². The van der Waals surface area contributed by atoms with E-state index in [2.05, 4.69) is 16.6 Å². The van der Waals surface area contributed by atoms with E-state index in [1.54, 1.807) is 6.92 Å². The fraction of sp³-hybridized carbons (Fsp3) is 0.600. The zero-order chi connectivity index (χ0) is 12.4. The lowest BCUT2D eigenvalue weighted by atomic mass is 10.3. The fourth-order valence-corrected chi connectivity index (χ4v) is 0.904. The second-order valence-corrected chi connectivity index (χ2v) is 3.12. The van der Waals surface area contributed by atoms with Crippen molar-refractivity contribution in [2.45, 2.75) is 13.0 Å². The second kappa shape index (κ2) is 8.71. The highest BCUT2D eigenvalue weighted by Crippen LogP contribution is 1.81. The van der Waals surface area contributed by atoms with Crippen molar-refractivity contribution in [3.63, 3.8) is 0 Å². The first-order valence-corrected chi connectivity index (χ1v) is 4.88. The van der Waals surface area contributed by atoms with Gasteiger partial charge in [0.05, 0.1) is 19.2 Å². The molecule has 0 fully saturated rings. The number of hydrogen-bond donors (Lipinski definition) is 3. The second-order valence-electron chi connectivity index (χ2n) is 3.12. The number of nitrogens with two attached hydrogens (primary N) is 1. The van der Waals surface area contributed by atoms with Crippen LogP contribution in [0, 0.1) is 12.3 Å². The van der Waals surface area contributed by atoms with Crippen LogP contribution >= 0.6 is 0 Å². The molecule has 0 spiro atoms. The Hall–Kier alpha value is -1.58. The Morgan fingerprint density at radius 1 is 1.56 bits per heavy atom. The average molecular weight is 227 g/mol. The summed E-state index contributed by atoms with van der Waals surface area (Å²) >= 11 is 0. The summed E-state index contributed by atoms with van der Waals surface area (Å²) in [4.78, 5) is 21.6. The zero-order valence-corrected chi connectivity index (χ0v) is 9.29. The van der Waals surface area contributed by atoms with Crippen molar-refractivity contribution in [2.24, 2.45) is 5.73 Å². The van der Waals surface area contributed by atoms with Crippen LogP contribution in [0.5, 0.6) is 0 Å². The van der Waals surface area contributed by atoms with E-state index in [0.717, 1.165) is 0 Å². The van der Waals surface area contributed by atoms with Gasteiger partial charge in [-0.3, -0.25) is 9.59 Å². The zero-order valence-electron chi connectivity index (χ0n) is 9.29. The number of hydrogen-bond acceptors (Lipinski definition) is 4. The van der Waals surface area contributed by atoms with E-state index in [9.17, 15) is 9.59 Å². The molecule has 0 heterocycles. The standard InChI is InChI=1S/C10H17N3O3/c1-3-4-13-10(15)8(2)12-5-6-16-7-9(11)14/h1,8,12H,4-7H2,2H3,(H2,11,14)(H,13,15). The summed E-state index contributed by atoms with van der Waals surface area (Å²) in [6, 6.07) is -0.356. The molecule has 0 aliphatic carbocycles. The lowest BCUT2D eigenvalue weighted by Crippen LogP contribution is -2.43. The lowest BCUT2D eigenvalue weighted by Gasteiger charge is -2.12. The highest BCUT2D eigenvalue weighted by atomic mass is 16.5. The van der Waals surface area contributed by atoms with Gasteiger partial charge in [0.1, 0.15) is 6.61 Å². The molecule has 4 N–H and O–H groups in total. The normalized spacial score (nSPS) is 11.5. The van der Waals surface area contributed by atoms with Crippen molar-refractivity contribution in [1.82, 2.24) is 10.6 Å². The largest absolute Gasteiger partial charge is 0.370 e. The van der Waals surface area contributed by atoms with Crippen LogP contribution in [0.4, 0.5) is 0 Å². The number of ether oxygens (including phenoxy) is 1. The Bertz CT molecular complexity index is 273. The number of carbonyl (C=O) groups is 2. The van der Waals surface area contributed by atoms with Crippen molar-refractivity contribution in [3.8, 4) is 12.3 Å². The van der Waals surface area contributed by atoms with E-state index in [-0.39, 0.29) is 25.1 Å². The van der Waals surface area contributed by atoms with Gasteiger partial charge in [-0.05, 0) is 6.92 Å². The molecular weight excluding hydrogens is 210 g/mol. The molecule has 0 saturated carbocycles. The van der Waals surface area contributed by atoms with Crippen LogP contribution in [0.15, 0.2) is 0 Å². The molecule has 6 heteroatoms. The van der Waals surface area contributed by atoms with E-state index in [0.29, 0.717) is 13.2 Å². The summed E-state index contributed by atoms with van der Waals surface area (Å²) in [7, 11) is 0. The molecule has 0 bridgehead atoms. The average Bonchev–Trinajstić information content (AvgIpc) is 2.24. The molecule has 16 heavy (non-hydrogen) atoms. The third-order valence-electron chi connectivity index (χ3n) is 1.70. The van der Waals surface area contributed by atoms with Crippen molar-refractivity contribution < 1.29 is 14.3 Å². The molecule has 0 aromatic rings. The van der Waals surface area contributed by atoms with Crippen LogP contribution in [-0.4, -0.2) is 44.2 Å². The molecule has 2 amide bonds. The maximum atomic E-state index is 11.3. The number of nitrogens with one attached hydrogen (secondary N) is 2. The van der Waals surface area contributed by atoms with Gasteiger partial charge in [0.2, 0.25) is 11.8 Å². The highest BCUT2D eigenvalue weighted by molar-refractivity contribution is 5.81. The maximum absolute atomic E-state index is 11.3. The Morgan fingerprint density at radius 3 is 2.81 bits per heavy atom. The van der Waals surface area contributed by atoms with Gasteiger partial charge in [0.15, 0.2) is 0 Å². The minimum absolute atomic E-state index is 0.112. The third-order valence-corrected chi connectivity index (χ3v) is 1.70. The number of primary amides is 1. The molecule has 0 rings (SSSR count). The number of terminal acetylenes is 1. The van der Waals surface area contributed by atoms with Crippen LogP contribution in [0.3, 0.4) is 0 Å². The molecule has 90 valence electrons. The van der Waals surface area contributed by atoms with Crippen molar-refractivity contribution >= 4 is 11.8 Å². The molecule has 1 atom stereocenters. The van der Waals surface area contributed by atoms with Gasteiger partial charge in [-0.1, -0.05) is 5.92 Å². The first-order valence-electron chi connectivity index (χ1n) is 4.88. The van der Waals surface area contributed by atoms with Crippen molar-refractivity contribution in [1.29, 1.82) is 0 Å². The van der Waals surface area contributed by atoms with Gasteiger partial charge >= 0.3 is 0 Å². The van der Waals surface area contributed by atoms with Crippen molar-refractivity contribution in [3.05, 3.63) is 0 Å². The van der Waals surface area contributed by atoms with E-state index < -0.39 is 5.91 Å². The summed E-state index contributed by atoms with van der Waals surface area (Å²) in [6.07, 6.45) is 5.00. The van der Waals surface area contributed by atoms with Gasteiger partial charge in [-0.25, -0.2) is 0 Å². The van der Waals surface area contributed by atoms with Crippen molar-refractivity contribution in [2.75, 3.05) is 26.3 Å². The molecular formula is C10H17N3O3. The third kappa shape index (κ3) is 7.79. The number of amides is 2. The van der Waals surface area contributed by atoms with E-state index in [4.69, 9.17) is 16.9 Å². The van der Waals surface area contributed by atoms with Gasteiger partial charge < -0.3 is 21.1 Å². The summed E-state index contributed by atoms with van der Waals surface area (Å²) in [6.45, 7) is 2.58. The Morgan fingerprint density at radius 2 is 2.25 bits per heavy atom. The summed E-state index contributed by atoms with van der Waals surface area (Å²) in [5.41, 5.74) is 4.87. The van der Waals surface area contributed by atoms with Crippen LogP contribution in [-0.2, 0) is 14.3 Å². The number of carbonyl (C=O) groups excluding carboxylic acids is 2. The van der Waals surface area contributed by atoms with Gasteiger partial charge in [0.25, 0.3) is 0 Å². The number of rotatable bonds is 8. The fourth-order valence-electron chi connectivity index (χ4n) is 0.904. The Balaban J connectivity index is 3.50. The van der Waals surface area contributed by atoms with Crippen LogP contribution < -0.4 is 16.4 Å². The Labute approximate surface area is 94.9 Å². The quantitative estimate of drug-likeness (QED) is 0.337. The predicted molar refractivity (Wildman–Crippen MR) is 59.3 cm³/mol. The minimum Gasteiger partial charge on any atom is -0.370 e. The monoisotopic (exact) mass is 227 g/mol. The van der Waals surface area contributed by atoms with E-state index in [1.165, 1.54) is 0 Å². The van der Waals surface area contributed by atoms with E-state index in [1.807, 2.05) is 0 Å². The SMILES string of the molecule is C#CCNC(=O)C(C)NCCOCC(N)=O. The molecule has 6 nitrogen and oxygen atoms in total. The van der Waals surface area contributed by atoms with Gasteiger partial charge in [-0.2, -0.15) is 0 Å². The lowest BCUT2D eigenvalue weighted by molar-refractivity contribution is -0.124. The Kier molecular flexibility index (Phi) is 7.85. The van der Waals surface area contributed by atoms with Crippen LogP contribution in [0.25, 0.3) is 0 Å². The highest BCUT2D eigenvalue weighted by Gasteiger charge is 2.10. The molecule has 0 radical (unpaired) electrons. The molecule has 0 aliphatic rings.